The molecule has 7 rings (SSSR count). The van der Waals surface area contributed by atoms with Gasteiger partial charge in [0, 0.05) is 17.8 Å². The molecule has 1 heterocycles. The molecule has 0 amide bonds. The van der Waals surface area contributed by atoms with E-state index in [1.807, 2.05) is 6.92 Å². The predicted molar refractivity (Wildman–Crippen MR) is 146 cm³/mol. The van der Waals surface area contributed by atoms with E-state index in [-0.39, 0.29) is 58.9 Å². The lowest BCUT2D eigenvalue weighted by Crippen LogP contribution is -2.63. The summed E-state index contributed by atoms with van der Waals surface area (Å²) in [6, 6.07) is 0. The Morgan fingerprint density at radius 1 is 1.00 bits per heavy atom. The van der Waals surface area contributed by atoms with Gasteiger partial charge in [0.25, 0.3) is 0 Å². The van der Waals surface area contributed by atoms with Crippen molar-refractivity contribution in [2.24, 2.45) is 44.8 Å². The third-order valence-corrected chi connectivity index (χ3v) is 14.3. The Bertz CT molecular complexity index is 1190. The molecule has 1 saturated heterocycles. The van der Waals surface area contributed by atoms with Gasteiger partial charge in [0.05, 0.1) is 18.8 Å². The second-order valence-electron chi connectivity index (χ2n) is 16.0. The van der Waals surface area contributed by atoms with E-state index in [0.717, 1.165) is 38.5 Å². The lowest BCUT2D eigenvalue weighted by molar-refractivity contribution is -0.300. The van der Waals surface area contributed by atoms with E-state index in [9.17, 15) is 35.4 Å². The van der Waals surface area contributed by atoms with Crippen LogP contribution in [0.2, 0.25) is 0 Å². The number of Topliss-reactive ketones (excluding diaryl/α,β-unsaturated/α-hetero) is 1. The molecule has 6 aliphatic carbocycles. The molecule has 9 nitrogen and oxygen atoms in total. The van der Waals surface area contributed by atoms with E-state index < -0.39 is 53.2 Å². The standard InChI is InChI=1S/C32H48O9/c1-15-12-16(33)24(37)32(39)23(15)28(4)10-11-31-14-30(31)9-8-20(41-25-22(36)21(35)17(34)13-40-25)27(2,3)18(30)6-7-19(31)29(28,5)26(32)38/h7,15,17-18,20-26,34-39H,6,8-14H2,1-5H3/t15-,17-,18+,20+,21+,22-,23-,24+,25+,26-,28-,29-,30-,31+,32-/m1/s1. The van der Waals surface area contributed by atoms with Crippen LogP contribution in [0.1, 0.15) is 79.6 Å². The molecule has 0 unspecified atom stereocenters. The number of ether oxygens (including phenoxy) is 2. The van der Waals surface area contributed by atoms with Crippen molar-refractivity contribution in [2.75, 3.05) is 6.61 Å². The zero-order valence-electron chi connectivity index (χ0n) is 24.9. The van der Waals surface area contributed by atoms with E-state index in [2.05, 4.69) is 33.8 Å². The van der Waals surface area contributed by atoms with E-state index in [4.69, 9.17) is 9.47 Å². The van der Waals surface area contributed by atoms with Crippen LogP contribution in [-0.2, 0) is 14.3 Å². The van der Waals surface area contributed by atoms with Gasteiger partial charge in [-0.3, -0.25) is 4.79 Å². The van der Waals surface area contributed by atoms with Crippen LogP contribution in [0.4, 0.5) is 0 Å². The minimum Gasteiger partial charge on any atom is -0.389 e. The minimum atomic E-state index is -1.87. The number of ketones is 1. The Morgan fingerprint density at radius 2 is 1.71 bits per heavy atom. The van der Waals surface area contributed by atoms with Gasteiger partial charge in [-0.15, -0.1) is 0 Å². The average molecular weight is 577 g/mol. The normalized spacial score (nSPS) is 60.7. The summed E-state index contributed by atoms with van der Waals surface area (Å²) >= 11 is 0. The molecule has 6 N–H and O–H groups in total. The van der Waals surface area contributed by atoms with Crippen molar-refractivity contribution >= 4 is 5.78 Å². The van der Waals surface area contributed by atoms with Crippen LogP contribution in [0.3, 0.4) is 0 Å². The van der Waals surface area contributed by atoms with Crippen LogP contribution >= 0.6 is 0 Å². The van der Waals surface area contributed by atoms with Gasteiger partial charge in [-0.1, -0.05) is 46.3 Å². The van der Waals surface area contributed by atoms with Crippen LogP contribution in [0.25, 0.3) is 0 Å². The van der Waals surface area contributed by atoms with Crippen LogP contribution in [0.15, 0.2) is 11.6 Å². The lowest BCUT2D eigenvalue weighted by atomic mass is 9.44. The van der Waals surface area contributed by atoms with E-state index >= 15 is 0 Å². The fourth-order valence-electron chi connectivity index (χ4n) is 12.3. The first-order chi connectivity index (χ1) is 19.0. The van der Waals surface area contributed by atoms with Crippen LogP contribution < -0.4 is 0 Å². The summed E-state index contributed by atoms with van der Waals surface area (Å²) in [6.45, 7) is 10.6. The van der Waals surface area contributed by atoms with Crippen molar-refractivity contribution in [2.45, 2.75) is 128 Å². The van der Waals surface area contributed by atoms with Crippen LogP contribution in [-0.4, -0.2) is 91.5 Å². The van der Waals surface area contributed by atoms with Crippen LogP contribution in [0.5, 0.6) is 0 Å². The molecular weight excluding hydrogens is 528 g/mol. The lowest BCUT2D eigenvalue weighted by Gasteiger charge is -2.60. The van der Waals surface area contributed by atoms with Gasteiger partial charge in [0.15, 0.2) is 12.1 Å². The highest BCUT2D eigenvalue weighted by Gasteiger charge is 2.85. The third kappa shape index (κ3) is 3.08. The molecular formula is C32H48O9. The van der Waals surface area contributed by atoms with Gasteiger partial charge in [0.1, 0.15) is 30.0 Å². The number of rotatable bonds is 2. The van der Waals surface area contributed by atoms with Crippen molar-refractivity contribution in [1.82, 2.24) is 0 Å². The largest absolute Gasteiger partial charge is 0.389 e. The van der Waals surface area contributed by atoms with Gasteiger partial charge >= 0.3 is 0 Å². The van der Waals surface area contributed by atoms with Crippen molar-refractivity contribution in [3.8, 4) is 0 Å². The molecule has 0 aromatic rings. The second kappa shape index (κ2) is 8.42. The second-order valence-corrected chi connectivity index (χ2v) is 16.0. The van der Waals surface area contributed by atoms with Crippen molar-refractivity contribution in [1.29, 1.82) is 0 Å². The molecule has 0 bridgehead atoms. The van der Waals surface area contributed by atoms with Gasteiger partial charge in [-0.2, -0.15) is 0 Å². The number of allylic oxidation sites excluding steroid dienone is 1. The summed E-state index contributed by atoms with van der Waals surface area (Å²) in [5, 5.41) is 65.8. The minimum absolute atomic E-state index is 0.0304. The topological polar surface area (TPSA) is 157 Å². The first kappa shape index (κ1) is 28.8. The molecule has 9 heteroatoms. The SMILES string of the molecule is C[C@@H]1CC(=O)[C@H](O)[C@]2(O)[C@H]1[C@@]1(C)CC[C@@]34C[C@@]35CC[C@H](O[C@@H]3OC[C@@H](O)[C@H](O)[C@H]3O)C(C)(C)[C@@H]5CC=C4[C@]1(C)[C@H]2O. The molecule has 0 radical (unpaired) electrons. The van der Waals surface area contributed by atoms with E-state index in [0.29, 0.717) is 0 Å². The number of hydrogen-bond acceptors (Lipinski definition) is 9. The zero-order chi connectivity index (χ0) is 29.7. The summed E-state index contributed by atoms with van der Waals surface area (Å²) in [5.41, 5.74) is -2.23. The van der Waals surface area contributed by atoms with E-state index in [1.165, 1.54) is 5.57 Å². The highest BCUT2D eigenvalue weighted by molar-refractivity contribution is 5.86. The molecule has 6 fully saturated rings. The molecule has 15 atom stereocenters. The number of carbonyl (C=O) groups excluding carboxylic acids is 1. The summed E-state index contributed by atoms with van der Waals surface area (Å²) in [5.74, 6) is -0.618. The molecule has 0 aromatic heterocycles. The smallest absolute Gasteiger partial charge is 0.186 e. The monoisotopic (exact) mass is 576 g/mol. The molecule has 1 aliphatic heterocycles. The summed E-state index contributed by atoms with van der Waals surface area (Å²) < 4.78 is 12.0. The van der Waals surface area contributed by atoms with Crippen LogP contribution in [0, 0.1) is 44.8 Å². The van der Waals surface area contributed by atoms with Gasteiger partial charge in [-0.05, 0) is 72.0 Å². The quantitative estimate of drug-likeness (QED) is 0.268. The molecule has 7 aliphatic rings. The number of hydrogen-bond donors (Lipinski definition) is 6. The maximum absolute atomic E-state index is 12.8. The van der Waals surface area contributed by atoms with Crippen molar-refractivity contribution in [3.05, 3.63) is 11.6 Å². The van der Waals surface area contributed by atoms with Gasteiger partial charge in [0.2, 0.25) is 0 Å². The third-order valence-electron chi connectivity index (χ3n) is 14.3. The Hall–Kier alpha value is -0.910. The highest BCUT2D eigenvalue weighted by Crippen LogP contribution is 2.88. The fourth-order valence-corrected chi connectivity index (χ4v) is 12.3. The number of fused-ring (bicyclic) bond motifs is 4. The Morgan fingerprint density at radius 3 is 2.41 bits per heavy atom. The zero-order valence-corrected chi connectivity index (χ0v) is 24.9. The van der Waals surface area contributed by atoms with Gasteiger partial charge in [-0.25, -0.2) is 0 Å². The highest BCUT2D eigenvalue weighted by atomic mass is 16.7. The Balaban J connectivity index is 1.23. The maximum atomic E-state index is 12.8. The molecule has 5 saturated carbocycles. The molecule has 230 valence electrons. The van der Waals surface area contributed by atoms with Crippen molar-refractivity contribution in [3.63, 3.8) is 0 Å². The first-order valence-electron chi connectivity index (χ1n) is 15.7. The van der Waals surface area contributed by atoms with Crippen molar-refractivity contribution < 1.29 is 44.9 Å². The molecule has 41 heavy (non-hydrogen) atoms. The van der Waals surface area contributed by atoms with E-state index in [1.54, 1.807) is 0 Å². The summed E-state index contributed by atoms with van der Waals surface area (Å²) in [4.78, 5) is 12.8. The predicted octanol–water partition coefficient (Wildman–Crippen LogP) is 1.45. The number of aliphatic hydroxyl groups excluding tert-OH is 5. The summed E-state index contributed by atoms with van der Waals surface area (Å²) in [6.07, 6.45) is -0.0455. The molecule has 0 aromatic carbocycles. The average Bonchev–Trinajstić information content (AvgIpc) is 3.55. The number of aliphatic hydroxyl groups is 6. The Kier molecular flexibility index (Phi) is 5.92. The fraction of sp³-hybridized carbons (Fsp3) is 0.906. The molecule has 2 spiro atoms. The first-order valence-corrected chi connectivity index (χ1v) is 15.7. The number of carbonyl (C=O) groups is 1. The van der Waals surface area contributed by atoms with Gasteiger partial charge < -0.3 is 40.1 Å². The maximum Gasteiger partial charge on any atom is 0.186 e. The summed E-state index contributed by atoms with van der Waals surface area (Å²) in [7, 11) is 0. The Labute approximate surface area is 241 Å².